The van der Waals surface area contributed by atoms with Crippen LogP contribution in [0.25, 0.3) is 5.57 Å². The third-order valence-corrected chi connectivity index (χ3v) is 4.65. The Hall–Kier alpha value is -2.31. The molecule has 1 atom stereocenters. The molecule has 0 saturated heterocycles. The molecule has 0 radical (unpaired) electrons. The number of hydrogen-bond acceptors (Lipinski definition) is 4. The minimum atomic E-state index is -1.31. The molecule has 0 aliphatic heterocycles. The number of carbonyl (C=O) groups is 1. The zero-order valence-corrected chi connectivity index (χ0v) is 15.3. The Labute approximate surface area is 155 Å². The van der Waals surface area contributed by atoms with Crippen LogP contribution < -0.4 is 0 Å². The molecule has 1 aromatic heterocycles. The van der Waals surface area contributed by atoms with E-state index in [1.165, 1.54) is 30.9 Å². The van der Waals surface area contributed by atoms with Crippen LogP contribution in [-0.4, -0.2) is 21.6 Å². The second-order valence-electron chi connectivity index (χ2n) is 5.54. The van der Waals surface area contributed by atoms with E-state index in [4.69, 9.17) is 0 Å². The van der Waals surface area contributed by atoms with E-state index >= 15 is 0 Å². The molecular formula is C20H19F2NO2S. The molecule has 0 bridgehead atoms. The third-order valence-electron chi connectivity index (χ3n) is 3.83. The topological polar surface area (TPSA) is 50.2 Å². The lowest BCUT2D eigenvalue weighted by Gasteiger charge is -2.19. The summed E-state index contributed by atoms with van der Waals surface area (Å²) in [6.45, 7) is 7.15. The quantitative estimate of drug-likeness (QED) is 0.713. The number of halogens is 2. The molecule has 6 heteroatoms. The van der Waals surface area contributed by atoms with E-state index in [0.717, 1.165) is 12.1 Å². The molecule has 3 nitrogen and oxygen atoms in total. The fraction of sp³-hybridized carbons (Fsp3) is 0.200. The summed E-state index contributed by atoms with van der Waals surface area (Å²) in [5.74, 6) is -1.37. The van der Waals surface area contributed by atoms with Gasteiger partial charge in [0.2, 0.25) is 0 Å². The summed E-state index contributed by atoms with van der Waals surface area (Å²) in [7, 11) is 0. The zero-order valence-electron chi connectivity index (χ0n) is 14.5. The van der Waals surface area contributed by atoms with Crippen molar-refractivity contribution >= 4 is 23.1 Å². The minimum absolute atomic E-state index is 0.00513. The van der Waals surface area contributed by atoms with Crippen LogP contribution in [0.15, 0.2) is 59.8 Å². The van der Waals surface area contributed by atoms with Crippen molar-refractivity contribution in [2.45, 2.75) is 20.0 Å². The van der Waals surface area contributed by atoms with Gasteiger partial charge in [-0.3, -0.25) is 9.78 Å². The number of pyridine rings is 1. The van der Waals surface area contributed by atoms with Gasteiger partial charge in [-0.05, 0) is 36.4 Å². The molecule has 0 spiro atoms. The molecule has 26 heavy (non-hydrogen) atoms. The van der Waals surface area contributed by atoms with Crippen molar-refractivity contribution < 1.29 is 18.7 Å². The fourth-order valence-electron chi connectivity index (χ4n) is 2.53. The summed E-state index contributed by atoms with van der Waals surface area (Å²) >= 11 is 1.24. The first-order valence-electron chi connectivity index (χ1n) is 7.97. The molecule has 1 N–H and O–H groups in total. The Morgan fingerprint density at radius 3 is 2.65 bits per heavy atom. The lowest BCUT2D eigenvalue weighted by molar-refractivity contribution is -0.112. The van der Waals surface area contributed by atoms with Crippen molar-refractivity contribution in [1.82, 2.24) is 4.98 Å². The van der Waals surface area contributed by atoms with Crippen molar-refractivity contribution in [3.63, 3.8) is 0 Å². The molecule has 136 valence electrons. The van der Waals surface area contributed by atoms with Gasteiger partial charge >= 0.3 is 0 Å². The maximum atomic E-state index is 14.2. The van der Waals surface area contributed by atoms with Crippen LogP contribution in [0.4, 0.5) is 8.78 Å². The van der Waals surface area contributed by atoms with Gasteiger partial charge in [-0.15, -0.1) is 11.8 Å². The predicted octanol–water partition coefficient (Wildman–Crippen LogP) is 4.70. The van der Waals surface area contributed by atoms with Gasteiger partial charge in [-0.25, -0.2) is 8.78 Å². The molecule has 0 fully saturated rings. The number of aromatic nitrogens is 1. The van der Waals surface area contributed by atoms with Gasteiger partial charge in [0.05, 0.1) is 0 Å². The molecule has 2 aromatic rings. The summed E-state index contributed by atoms with van der Waals surface area (Å²) in [6, 6.07) is 6.35. The van der Waals surface area contributed by atoms with Crippen molar-refractivity contribution in [3.8, 4) is 0 Å². The lowest BCUT2D eigenvalue weighted by atomic mass is 9.91. The Balaban J connectivity index is 2.62. The Morgan fingerprint density at radius 2 is 2.08 bits per heavy atom. The maximum Gasteiger partial charge on any atom is 0.197 e. The number of Topliss-reactive ketones (excluding diaryl/α,β-unsaturated/α-hetero) is 1. The van der Waals surface area contributed by atoms with Gasteiger partial charge in [0.25, 0.3) is 0 Å². The smallest absolute Gasteiger partial charge is 0.197 e. The number of rotatable bonds is 7. The molecule has 0 amide bonds. The molecule has 1 heterocycles. The van der Waals surface area contributed by atoms with Crippen molar-refractivity contribution in [2.24, 2.45) is 0 Å². The maximum absolute atomic E-state index is 14.2. The van der Waals surface area contributed by atoms with Gasteiger partial charge in [-0.1, -0.05) is 19.6 Å². The van der Waals surface area contributed by atoms with Crippen molar-refractivity contribution in [3.05, 3.63) is 82.5 Å². The molecule has 0 aliphatic rings. The van der Waals surface area contributed by atoms with Crippen LogP contribution >= 0.6 is 11.8 Å². The Morgan fingerprint density at radius 1 is 1.35 bits per heavy atom. The minimum Gasteiger partial charge on any atom is -0.383 e. The van der Waals surface area contributed by atoms with Crippen LogP contribution in [0.3, 0.4) is 0 Å². The average Bonchev–Trinajstić information content (AvgIpc) is 2.62. The second kappa shape index (κ2) is 8.87. The molecular weight excluding hydrogens is 356 g/mol. The first kappa shape index (κ1) is 20.0. The largest absolute Gasteiger partial charge is 0.383 e. The van der Waals surface area contributed by atoms with Gasteiger partial charge in [0.15, 0.2) is 5.78 Å². The van der Waals surface area contributed by atoms with Gasteiger partial charge in [0.1, 0.15) is 17.7 Å². The Kier molecular flexibility index (Phi) is 6.83. The summed E-state index contributed by atoms with van der Waals surface area (Å²) in [5, 5.41) is 10.8. The van der Waals surface area contributed by atoms with E-state index in [1.807, 2.05) is 6.92 Å². The molecule has 1 unspecified atom stereocenters. The average molecular weight is 375 g/mol. The number of carbonyl (C=O) groups excluding carboxylic acids is 1. The normalized spacial score (nSPS) is 13.1. The monoisotopic (exact) mass is 375 g/mol. The van der Waals surface area contributed by atoms with E-state index in [0.29, 0.717) is 11.3 Å². The summed E-state index contributed by atoms with van der Waals surface area (Å²) < 4.78 is 27.5. The molecule has 0 saturated carbocycles. The highest BCUT2D eigenvalue weighted by molar-refractivity contribution is 8.03. The predicted molar refractivity (Wildman–Crippen MR) is 100 cm³/mol. The van der Waals surface area contributed by atoms with Crippen LogP contribution in [0, 0.1) is 11.6 Å². The van der Waals surface area contributed by atoms with Crippen LogP contribution in [-0.2, 0) is 4.79 Å². The molecule has 1 aromatic carbocycles. The Bertz CT molecular complexity index is 850. The SMILES string of the molecule is C=C(SCC)C(=O)/C(=C(\C)c1ccc(F)cc1F)C(O)c1cccnc1. The summed E-state index contributed by atoms with van der Waals surface area (Å²) in [4.78, 5) is 17.1. The van der Waals surface area contributed by atoms with Crippen LogP contribution in [0.1, 0.15) is 31.1 Å². The molecule has 0 aliphatic carbocycles. The van der Waals surface area contributed by atoms with Crippen LogP contribution in [0.5, 0.6) is 0 Å². The molecule has 2 rings (SSSR count). The highest BCUT2D eigenvalue weighted by Crippen LogP contribution is 2.34. The number of thioether (sulfide) groups is 1. The van der Waals surface area contributed by atoms with Gasteiger partial charge in [0, 0.05) is 40.1 Å². The van der Waals surface area contributed by atoms with E-state index in [1.54, 1.807) is 18.3 Å². The summed E-state index contributed by atoms with van der Waals surface area (Å²) in [6.07, 6.45) is 1.66. The third kappa shape index (κ3) is 4.45. The van der Waals surface area contributed by atoms with E-state index in [9.17, 15) is 18.7 Å². The van der Waals surface area contributed by atoms with Crippen molar-refractivity contribution in [1.29, 1.82) is 0 Å². The van der Waals surface area contributed by atoms with Crippen LogP contribution in [0.2, 0.25) is 0 Å². The van der Waals surface area contributed by atoms with Gasteiger partial charge < -0.3 is 5.11 Å². The lowest BCUT2D eigenvalue weighted by Crippen LogP contribution is -2.15. The number of benzene rings is 1. The van der Waals surface area contributed by atoms with E-state index in [-0.39, 0.29) is 21.6 Å². The first-order valence-corrected chi connectivity index (χ1v) is 8.96. The number of aliphatic hydroxyl groups excluding tert-OH is 1. The fourth-order valence-corrected chi connectivity index (χ4v) is 3.12. The van der Waals surface area contributed by atoms with Gasteiger partial charge in [-0.2, -0.15) is 0 Å². The van der Waals surface area contributed by atoms with E-state index in [2.05, 4.69) is 11.6 Å². The number of aliphatic hydroxyl groups is 1. The highest BCUT2D eigenvalue weighted by Gasteiger charge is 2.26. The number of allylic oxidation sites excluding steroid dienone is 2. The highest BCUT2D eigenvalue weighted by atomic mass is 32.2. The first-order chi connectivity index (χ1) is 12.4. The standard InChI is InChI=1S/C20H19F2NO2S/c1-4-26-13(3)19(24)18(20(25)14-6-5-9-23-11-14)12(2)16-8-7-15(21)10-17(16)22/h5-11,20,25H,3-4H2,1-2H3/b18-12-. The van der Waals surface area contributed by atoms with E-state index < -0.39 is 23.5 Å². The summed E-state index contributed by atoms with van der Waals surface area (Å²) in [5.41, 5.74) is 0.662. The number of nitrogens with zero attached hydrogens (tertiary/aromatic N) is 1. The zero-order chi connectivity index (χ0) is 19.3. The second-order valence-corrected chi connectivity index (χ2v) is 6.90. The van der Waals surface area contributed by atoms with Crippen molar-refractivity contribution in [2.75, 3.05) is 5.75 Å². The number of hydrogen-bond donors (Lipinski definition) is 1. The number of ketones is 1.